The second-order valence-electron chi connectivity index (χ2n) is 3.17. The van der Waals surface area contributed by atoms with Crippen molar-refractivity contribution in [1.29, 1.82) is 0 Å². The van der Waals surface area contributed by atoms with Crippen LogP contribution >= 0.6 is 0 Å². The van der Waals surface area contributed by atoms with E-state index in [4.69, 9.17) is 9.47 Å². The molecular formula is C9H19NO2. The lowest BCUT2D eigenvalue weighted by Gasteiger charge is -2.22. The topological polar surface area (TPSA) is 30.5 Å². The van der Waals surface area contributed by atoms with Crippen LogP contribution in [0.25, 0.3) is 0 Å². The Morgan fingerprint density at radius 2 is 2.42 bits per heavy atom. The molecule has 1 heterocycles. The monoisotopic (exact) mass is 173 g/mol. The fraction of sp³-hybridized carbons (Fsp3) is 1.00. The first-order valence-corrected chi connectivity index (χ1v) is 4.77. The minimum atomic E-state index is 0.357. The lowest BCUT2D eigenvalue weighted by molar-refractivity contribution is -0.0397. The van der Waals surface area contributed by atoms with Gasteiger partial charge in [-0.05, 0) is 26.3 Å². The third kappa shape index (κ3) is 4.04. The van der Waals surface area contributed by atoms with Gasteiger partial charge in [-0.15, -0.1) is 0 Å². The molecule has 0 aromatic rings. The number of hydrogen-bond donors (Lipinski definition) is 1. The quantitative estimate of drug-likeness (QED) is 0.624. The lowest BCUT2D eigenvalue weighted by atomic mass is 10.1. The summed E-state index contributed by atoms with van der Waals surface area (Å²) < 4.78 is 10.9. The predicted molar refractivity (Wildman–Crippen MR) is 48.3 cm³/mol. The molecule has 0 aliphatic carbocycles. The molecule has 0 radical (unpaired) electrons. The summed E-state index contributed by atoms with van der Waals surface area (Å²) in [6.07, 6.45) is 4.03. The zero-order valence-electron chi connectivity index (χ0n) is 7.84. The molecule has 0 aromatic heterocycles. The average Bonchev–Trinajstić information content (AvgIpc) is 2.14. The molecule has 1 saturated heterocycles. The number of likely N-dealkylation sites (N-methyl/N-ethyl adjacent to an activating group) is 1. The van der Waals surface area contributed by atoms with Gasteiger partial charge in [0.25, 0.3) is 0 Å². The van der Waals surface area contributed by atoms with Crippen LogP contribution < -0.4 is 5.32 Å². The summed E-state index contributed by atoms with van der Waals surface area (Å²) in [7, 11) is 1.93. The molecule has 1 fully saturated rings. The fourth-order valence-corrected chi connectivity index (χ4v) is 1.33. The maximum atomic E-state index is 5.51. The van der Waals surface area contributed by atoms with Crippen LogP contribution in [0.4, 0.5) is 0 Å². The van der Waals surface area contributed by atoms with Gasteiger partial charge in [-0.2, -0.15) is 0 Å². The summed E-state index contributed by atoms with van der Waals surface area (Å²) in [6.45, 7) is 3.39. The van der Waals surface area contributed by atoms with E-state index in [1.165, 1.54) is 19.3 Å². The summed E-state index contributed by atoms with van der Waals surface area (Å²) in [4.78, 5) is 0. The molecule has 72 valence electrons. The van der Waals surface area contributed by atoms with Crippen LogP contribution in [-0.2, 0) is 9.47 Å². The highest BCUT2D eigenvalue weighted by atomic mass is 16.5. The number of rotatable bonds is 5. The third-order valence-corrected chi connectivity index (χ3v) is 2.07. The molecule has 0 bridgehead atoms. The zero-order valence-corrected chi connectivity index (χ0v) is 7.84. The Bertz CT molecular complexity index is 103. The predicted octanol–water partition coefficient (Wildman–Crippen LogP) is 0.791. The molecule has 1 rings (SSSR count). The van der Waals surface area contributed by atoms with Gasteiger partial charge in [0.05, 0.1) is 19.3 Å². The van der Waals surface area contributed by atoms with Crippen molar-refractivity contribution in [3.8, 4) is 0 Å². The minimum absolute atomic E-state index is 0.357. The zero-order chi connectivity index (χ0) is 8.65. The molecule has 0 aromatic carbocycles. The highest BCUT2D eigenvalue weighted by molar-refractivity contribution is 4.62. The second-order valence-corrected chi connectivity index (χ2v) is 3.17. The van der Waals surface area contributed by atoms with Gasteiger partial charge in [0.15, 0.2) is 0 Å². The van der Waals surface area contributed by atoms with Crippen molar-refractivity contribution in [3.05, 3.63) is 0 Å². The first-order valence-electron chi connectivity index (χ1n) is 4.77. The van der Waals surface area contributed by atoms with Crippen molar-refractivity contribution < 1.29 is 9.47 Å². The molecule has 12 heavy (non-hydrogen) atoms. The van der Waals surface area contributed by atoms with E-state index in [1.54, 1.807) is 0 Å². The Kier molecular flexibility index (Phi) is 5.32. The van der Waals surface area contributed by atoms with E-state index in [0.29, 0.717) is 6.10 Å². The van der Waals surface area contributed by atoms with E-state index in [9.17, 15) is 0 Å². The Balaban J connectivity index is 1.91. The minimum Gasteiger partial charge on any atom is -0.377 e. The van der Waals surface area contributed by atoms with Crippen LogP contribution in [0.3, 0.4) is 0 Å². The maximum Gasteiger partial charge on any atom is 0.0808 e. The highest BCUT2D eigenvalue weighted by Crippen LogP contribution is 2.12. The summed E-state index contributed by atoms with van der Waals surface area (Å²) in [5.41, 5.74) is 0. The van der Waals surface area contributed by atoms with Crippen LogP contribution in [0.1, 0.15) is 19.3 Å². The largest absolute Gasteiger partial charge is 0.377 e. The van der Waals surface area contributed by atoms with Gasteiger partial charge in [0, 0.05) is 13.2 Å². The molecule has 3 nitrogen and oxygen atoms in total. The molecule has 0 saturated carbocycles. The second kappa shape index (κ2) is 6.40. The Morgan fingerprint density at radius 3 is 3.08 bits per heavy atom. The van der Waals surface area contributed by atoms with Crippen molar-refractivity contribution in [3.63, 3.8) is 0 Å². The van der Waals surface area contributed by atoms with Crippen molar-refractivity contribution in [1.82, 2.24) is 5.32 Å². The van der Waals surface area contributed by atoms with E-state index >= 15 is 0 Å². The number of nitrogens with one attached hydrogen (secondary N) is 1. The molecule has 0 unspecified atom stereocenters. The van der Waals surface area contributed by atoms with Crippen molar-refractivity contribution in [2.75, 3.05) is 33.4 Å². The van der Waals surface area contributed by atoms with Gasteiger partial charge in [-0.1, -0.05) is 0 Å². The lowest BCUT2D eigenvalue weighted by Crippen LogP contribution is -2.26. The van der Waals surface area contributed by atoms with Crippen molar-refractivity contribution in [2.24, 2.45) is 0 Å². The van der Waals surface area contributed by atoms with Gasteiger partial charge in [-0.25, -0.2) is 0 Å². The molecule has 1 atom stereocenters. The van der Waals surface area contributed by atoms with E-state index in [2.05, 4.69) is 5.32 Å². The van der Waals surface area contributed by atoms with Gasteiger partial charge < -0.3 is 14.8 Å². The Morgan fingerprint density at radius 1 is 1.50 bits per heavy atom. The van der Waals surface area contributed by atoms with Crippen LogP contribution in [0.2, 0.25) is 0 Å². The summed E-state index contributed by atoms with van der Waals surface area (Å²) in [5.74, 6) is 0. The average molecular weight is 173 g/mol. The summed E-state index contributed by atoms with van der Waals surface area (Å²) >= 11 is 0. The van der Waals surface area contributed by atoms with Crippen LogP contribution in [-0.4, -0.2) is 39.5 Å². The highest BCUT2D eigenvalue weighted by Gasteiger charge is 2.12. The van der Waals surface area contributed by atoms with Crippen LogP contribution in [0.5, 0.6) is 0 Å². The van der Waals surface area contributed by atoms with Crippen molar-refractivity contribution >= 4 is 0 Å². The molecular weight excluding hydrogens is 154 g/mol. The first-order chi connectivity index (χ1) is 5.93. The van der Waals surface area contributed by atoms with Gasteiger partial charge in [-0.3, -0.25) is 0 Å². The Hall–Kier alpha value is -0.120. The van der Waals surface area contributed by atoms with Gasteiger partial charge >= 0.3 is 0 Å². The third-order valence-electron chi connectivity index (χ3n) is 2.07. The Labute approximate surface area is 74.4 Å². The van der Waals surface area contributed by atoms with E-state index in [-0.39, 0.29) is 0 Å². The van der Waals surface area contributed by atoms with Crippen LogP contribution in [0, 0.1) is 0 Å². The molecule has 1 aliphatic heterocycles. The van der Waals surface area contributed by atoms with E-state index in [1.807, 2.05) is 7.05 Å². The summed E-state index contributed by atoms with van der Waals surface area (Å²) in [5, 5.41) is 3.04. The normalized spacial score (nSPS) is 24.2. The smallest absolute Gasteiger partial charge is 0.0808 e. The first kappa shape index (κ1) is 9.96. The molecule has 0 spiro atoms. The molecule has 1 N–H and O–H groups in total. The van der Waals surface area contributed by atoms with Gasteiger partial charge in [0.1, 0.15) is 0 Å². The SMILES string of the molecule is CNCCOC[C@H]1CCCCO1. The number of ether oxygens (including phenoxy) is 2. The van der Waals surface area contributed by atoms with E-state index in [0.717, 1.165) is 26.4 Å². The molecule has 3 heteroatoms. The number of hydrogen-bond acceptors (Lipinski definition) is 3. The van der Waals surface area contributed by atoms with Gasteiger partial charge in [0.2, 0.25) is 0 Å². The molecule has 0 amide bonds. The van der Waals surface area contributed by atoms with Crippen LogP contribution in [0.15, 0.2) is 0 Å². The van der Waals surface area contributed by atoms with E-state index < -0.39 is 0 Å². The maximum absolute atomic E-state index is 5.51. The molecule has 1 aliphatic rings. The fourth-order valence-electron chi connectivity index (χ4n) is 1.33. The summed E-state index contributed by atoms with van der Waals surface area (Å²) in [6, 6.07) is 0. The standard InChI is InChI=1S/C9H19NO2/c1-10-5-7-11-8-9-4-2-3-6-12-9/h9-10H,2-8H2,1H3/t9-/m1/s1. The van der Waals surface area contributed by atoms with Crippen molar-refractivity contribution in [2.45, 2.75) is 25.4 Å².